The van der Waals surface area contributed by atoms with Gasteiger partial charge in [-0.25, -0.2) is 4.39 Å². The third-order valence-corrected chi connectivity index (χ3v) is 5.42. The van der Waals surface area contributed by atoms with Gasteiger partial charge in [-0.1, -0.05) is 0 Å². The number of pyridine rings is 1. The van der Waals surface area contributed by atoms with Gasteiger partial charge in [0, 0.05) is 44.1 Å². The minimum atomic E-state index is -0.742. The van der Waals surface area contributed by atoms with Crippen LogP contribution >= 0.6 is 15.9 Å². The maximum Gasteiger partial charge on any atom is 0.241 e. The number of anilines is 1. The van der Waals surface area contributed by atoms with Gasteiger partial charge in [0.2, 0.25) is 11.8 Å². The summed E-state index contributed by atoms with van der Waals surface area (Å²) in [5.74, 6) is -0.486. The summed E-state index contributed by atoms with van der Waals surface area (Å²) in [5, 5.41) is 0.747. The summed E-state index contributed by atoms with van der Waals surface area (Å²) in [6.07, 6.45) is 1.61. The summed E-state index contributed by atoms with van der Waals surface area (Å²) in [6, 6.07) is 3.03. The first-order chi connectivity index (χ1) is 10.8. The number of carbonyl (C=O) groups excluding carboxylic acids is 2. The van der Waals surface area contributed by atoms with E-state index in [-0.39, 0.29) is 11.8 Å². The summed E-state index contributed by atoms with van der Waals surface area (Å²) in [6.45, 7) is 2.20. The van der Waals surface area contributed by atoms with Crippen molar-refractivity contribution >= 4 is 44.3 Å². The van der Waals surface area contributed by atoms with Crippen LogP contribution in [0.25, 0.3) is 10.9 Å². The Morgan fingerprint density at radius 2 is 2.09 bits per heavy atom. The zero-order valence-electron chi connectivity index (χ0n) is 12.6. The fourth-order valence-electron chi connectivity index (χ4n) is 3.59. The van der Waals surface area contributed by atoms with Gasteiger partial charge >= 0.3 is 0 Å². The van der Waals surface area contributed by atoms with E-state index < -0.39 is 11.2 Å². The van der Waals surface area contributed by atoms with Gasteiger partial charge in [-0.3, -0.25) is 14.6 Å². The number of aromatic nitrogens is 1. The van der Waals surface area contributed by atoms with Crippen LogP contribution in [0.4, 0.5) is 10.1 Å². The highest BCUT2D eigenvalue weighted by molar-refractivity contribution is 9.10. The van der Waals surface area contributed by atoms with Crippen molar-refractivity contribution in [2.45, 2.75) is 12.3 Å². The van der Waals surface area contributed by atoms with Gasteiger partial charge in [-0.15, -0.1) is 0 Å². The molecule has 0 bridgehead atoms. The number of likely N-dealkylation sites (tertiary alicyclic amines) is 1. The van der Waals surface area contributed by atoms with E-state index in [1.807, 2.05) is 0 Å². The number of amides is 2. The monoisotopic (exact) mass is 377 g/mol. The van der Waals surface area contributed by atoms with Crippen LogP contribution in [0, 0.1) is 5.82 Å². The number of likely N-dealkylation sites (N-methyl/N-ethyl adjacent to an activating group) is 1. The molecule has 0 unspecified atom stereocenters. The lowest BCUT2D eigenvalue weighted by Gasteiger charge is -2.46. The van der Waals surface area contributed by atoms with Crippen molar-refractivity contribution in [3.63, 3.8) is 0 Å². The lowest BCUT2D eigenvalue weighted by Crippen LogP contribution is -2.64. The van der Waals surface area contributed by atoms with E-state index in [1.165, 1.54) is 13.0 Å². The quantitative estimate of drug-likeness (QED) is 0.707. The van der Waals surface area contributed by atoms with Gasteiger partial charge in [-0.2, -0.15) is 0 Å². The molecule has 118 valence electrons. The van der Waals surface area contributed by atoms with Crippen LogP contribution in [0.1, 0.15) is 12.5 Å². The third kappa shape index (κ3) is 1.74. The number of carbonyl (C=O) groups is 2. The van der Waals surface area contributed by atoms with Crippen molar-refractivity contribution in [3.05, 3.63) is 34.2 Å². The number of nitrogens with zero attached hydrogens (tertiary/aromatic N) is 3. The average Bonchev–Trinajstić information content (AvgIpc) is 2.68. The van der Waals surface area contributed by atoms with E-state index in [9.17, 15) is 14.0 Å². The zero-order valence-corrected chi connectivity index (χ0v) is 14.1. The molecule has 1 aromatic heterocycles. The molecule has 0 aliphatic carbocycles. The summed E-state index contributed by atoms with van der Waals surface area (Å²) in [7, 11) is 1.71. The Labute approximate surface area is 140 Å². The number of benzene rings is 1. The molecule has 1 spiro atoms. The number of halogens is 2. The lowest BCUT2D eigenvalue weighted by molar-refractivity contribution is -0.142. The highest BCUT2D eigenvalue weighted by Gasteiger charge is 2.58. The summed E-state index contributed by atoms with van der Waals surface area (Å²) in [5.41, 5.74) is 1.33. The number of rotatable bonds is 0. The van der Waals surface area contributed by atoms with Crippen molar-refractivity contribution in [2.75, 3.05) is 25.0 Å². The molecule has 7 heteroatoms. The molecule has 2 aromatic rings. The van der Waals surface area contributed by atoms with E-state index in [1.54, 1.807) is 29.1 Å². The van der Waals surface area contributed by atoms with Crippen LogP contribution < -0.4 is 4.90 Å². The Hall–Kier alpha value is -2.02. The van der Waals surface area contributed by atoms with Crippen LogP contribution in [-0.4, -0.2) is 41.8 Å². The van der Waals surface area contributed by atoms with Gasteiger partial charge in [0.15, 0.2) is 0 Å². The standard InChI is InChI=1S/C16H13BrFN3O2/c1-8(22)21-6-16(7-21)14-9-3-10(17)11(18)4-12(9)19-5-13(14)20(2)15(16)23/h3-5H,6-7H2,1-2H3. The van der Waals surface area contributed by atoms with Gasteiger partial charge in [0.1, 0.15) is 11.2 Å². The van der Waals surface area contributed by atoms with E-state index >= 15 is 0 Å². The molecule has 1 aromatic carbocycles. The van der Waals surface area contributed by atoms with Gasteiger partial charge in [-0.05, 0) is 22.0 Å². The van der Waals surface area contributed by atoms with Crippen LogP contribution in [0.2, 0.25) is 0 Å². The SMILES string of the molecule is CC(=O)N1CC2(C1)C(=O)N(C)c1cnc3cc(F)c(Br)cc3c12. The lowest BCUT2D eigenvalue weighted by atomic mass is 9.73. The first kappa shape index (κ1) is 14.6. The topological polar surface area (TPSA) is 53.5 Å². The van der Waals surface area contributed by atoms with E-state index in [4.69, 9.17) is 0 Å². The molecule has 0 atom stereocenters. The largest absolute Gasteiger partial charge is 0.340 e. The molecule has 2 aliphatic heterocycles. The van der Waals surface area contributed by atoms with Gasteiger partial charge < -0.3 is 9.80 Å². The predicted octanol–water partition coefficient (Wildman–Crippen LogP) is 2.21. The van der Waals surface area contributed by atoms with Crippen LogP contribution in [0.5, 0.6) is 0 Å². The molecular weight excluding hydrogens is 365 g/mol. The minimum absolute atomic E-state index is 0.0419. The van der Waals surface area contributed by atoms with Crippen LogP contribution in [-0.2, 0) is 15.0 Å². The maximum atomic E-state index is 13.8. The maximum absolute atomic E-state index is 13.8. The Balaban J connectivity index is 1.98. The molecule has 5 nitrogen and oxygen atoms in total. The molecule has 2 amide bonds. The van der Waals surface area contributed by atoms with Gasteiger partial charge in [0.25, 0.3) is 0 Å². The Morgan fingerprint density at radius 3 is 2.74 bits per heavy atom. The summed E-state index contributed by atoms with van der Waals surface area (Å²) >= 11 is 3.20. The van der Waals surface area contributed by atoms with Gasteiger partial charge in [0.05, 0.1) is 21.9 Å². The number of fused-ring (bicyclic) bond motifs is 4. The first-order valence-electron chi connectivity index (χ1n) is 7.17. The molecule has 23 heavy (non-hydrogen) atoms. The molecular formula is C16H13BrFN3O2. The van der Waals surface area contributed by atoms with E-state index in [0.29, 0.717) is 23.1 Å². The molecule has 0 N–H and O–H groups in total. The smallest absolute Gasteiger partial charge is 0.241 e. The van der Waals surface area contributed by atoms with Crippen LogP contribution in [0.15, 0.2) is 22.8 Å². The van der Waals surface area contributed by atoms with Crippen molar-refractivity contribution in [3.8, 4) is 0 Å². The second kappa shape index (κ2) is 4.50. The second-order valence-electron chi connectivity index (χ2n) is 6.12. The molecule has 1 saturated heterocycles. The number of hydrogen-bond donors (Lipinski definition) is 0. The van der Waals surface area contributed by atoms with Crippen molar-refractivity contribution < 1.29 is 14.0 Å². The predicted molar refractivity (Wildman–Crippen MR) is 86.7 cm³/mol. The van der Waals surface area contributed by atoms with Crippen molar-refractivity contribution in [1.82, 2.24) is 9.88 Å². The molecule has 0 saturated carbocycles. The van der Waals surface area contributed by atoms with E-state index in [0.717, 1.165) is 16.6 Å². The molecule has 1 fully saturated rings. The summed E-state index contributed by atoms with van der Waals surface area (Å²) in [4.78, 5) is 31.9. The number of hydrogen-bond acceptors (Lipinski definition) is 3. The zero-order chi connectivity index (χ0) is 16.5. The normalized spacial score (nSPS) is 18.5. The van der Waals surface area contributed by atoms with Crippen molar-refractivity contribution in [2.24, 2.45) is 0 Å². The Morgan fingerprint density at radius 1 is 1.39 bits per heavy atom. The minimum Gasteiger partial charge on any atom is -0.340 e. The molecule has 4 rings (SSSR count). The van der Waals surface area contributed by atoms with E-state index in [2.05, 4.69) is 20.9 Å². The highest BCUT2D eigenvalue weighted by Crippen LogP contribution is 2.49. The highest BCUT2D eigenvalue weighted by atomic mass is 79.9. The summed E-state index contributed by atoms with van der Waals surface area (Å²) < 4.78 is 14.1. The molecule has 2 aliphatic rings. The molecule has 3 heterocycles. The second-order valence-corrected chi connectivity index (χ2v) is 6.98. The van der Waals surface area contributed by atoms with Crippen LogP contribution in [0.3, 0.4) is 0 Å². The van der Waals surface area contributed by atoms with Crippen molar-refractivity contribution in [1.29, 1.82) is 0 Å². The fraction of sp³-hybridized carbons (Fsp3) is 0.312. The molecule has 0 radical (unpaired) electrons. The first-order valence-corrected chi connectivity index (χ1v) is 7.96. The average molecular weight is 378 g/mol. The Bertz CT molecular complexity index is 893. The fourth-order valence-corrected chi connectivity index (χ4v) is 3.94. The third-order valence-electron chi connectivity index (χ3n) is 4.81. The Kier molecular flexibility index (Phi) is 2.85.